The van der Waals surface area contributed by atoms with Crippen LogP contribution >= 0.6 is 0 Å². The van der Waals surface area contributed by atoms with Crippen LogP contribution in [0.1, 0.15) is 38.7 Å². The summed E-state index contributed by atoms with van der Waals surface area (Å²) in [5.74, 6) is -1.64. The van der Waals surface area contributed by atoms with Crippen molar-refractivity contribution in [3.8, 4) is 0 Å². The van der Waals surface area contributed by atoms with E-state index in [4.69, 9.17) is 5.73 Å². The second-order valence-corrected chi connectivity index (χ2v) is 9.23. The van der Waals surface area contributed by atoms with Crippen molar-refractivity contribution >= 4 is 21.8 Å². The molecule has 1 fully saturated rings. The Morgan fingerprint density at radius 3 is 2.37 bits per heavy atom. The van der Waals surface area contributed by atoms with Gasteiger partial charge in [-0.15, -0.1) is 0 Å². The predicted molar refractivity (Wildman–Crippen MR) is 104 cm³/mol. The topological polar surface area (TPSA) is 110 Å². The van der Waals surface area contributed by atoms with Crippen molar-refractivity contribution in [2.45, 2.75) is 50.2 Å². The number of sulfonamides is 1. The van der Waals surface area contributed by atoms with Crippen molar-refractivity contribution in [1.29, 1.82) is 0 Å². The van der Waals surface area contributed by atoms with E-state index in [2.05, 4.69) is 4.72 Å². The summed E-state index contributed by atoms with van der Waals surface area (Å²) >= 11 is 0. The van der Waals surface area contributed by atoms with Crippen LogP contribution in [-0.4, -0.2) is 44.3 Å². The van der Waals surface area contributed by atoms with Crippen molar-refractivity contribution < 1.29 is 31.2 Å². The minimum absolute atomic E-state index is 0.255. The second-order valence-electron chi connectivity index (χ2n) is 7.51. The summed E-state index contributed by atoms with van der Waals surface area (Å²) in [6, 6.07) is 2.23. The monoisotopic (exact) mass is 449 g/mol. The fourth-order valence-electron chi connectivity index (χ4n) is 3.30. The molecule has 1 aromatic carbocycles. The molecule has 1 saturated heterocycles. The summed E-state index contributed by atoms with van der Waals surface area (Å²) < 4.78 is 66.7. The van der Waals surface area contributed by atoms with Gasteiger partial charge in [-0.1, -0.05) is 26.3 Å². The molecule has 0 unspecified atom stereocenters. The third kappa shape index (κ3) is 5.72. The third-order valence-corrected chi connectivity index (χ3v) is 6.88. The summed E-state index contributed by atoms with van der Waals surface area (Å²) in [5.41, 5.74) is 4.20. The first-order valence-corrected chi connectivity index (χ1v) is 11.1. The van der Waals surface area contributed by atoms with Crippen LogP contribution < -0.4 is 10.5 Å². The standard InChI is InChI=1S/C19H26F3N3O4S/c1-3-12(2)16(18(27)25-9-7-13(8-10-25)17(23)26)24-30(28,29)15-6-4-5-14(11-15)19(20,21)22/h4-6,11-13,16,24H,3,7-10H2,1-2H3,(H2,23,26)/t12-,16-/m0/s1. The summed E-state index contributed by atoms with van der Waals surface area (Å²) in [5, 5.41) is 0. The van der Waals surface area contributed by atoms with Gasteiger partial charge in [0.05, 0.1) is 10.5 Å². The zero-order valence-electron chi connectivity index (χ0n) is 16.8. The molecule has 0 radical (unpaired) electrons. The van der Waals surface area contributed by atoms with Gasteiger partial charge in [-0.25, -0.2) is 8.42 Å². The average Bonchev–Trinajstić information content (AvgIpc) is 2.70. The van der Waals surface area contributed by atoms with Gasteiger partial charge in [-0.05, 0) is 37.0 Å². The van der Waals surface area contributed by atoms with Crippen LogP contribution in [-0.2, 0) is 25.8 Å². The first-order valence-electron chi connectivity index (χ1n) is 9.64. The van der Waals surface area contributed by atoms with E-state index < -0.39 is 50.4 Å². The van der Waals surface area contributed by atoms with Crippen LogP contribution in [0.4, 0.5) is 13.2 Å². The highest BCUT2D eigenvalue weighted by atomic mass is 32.2. The number of carbonyl (C=O) groups excluding carboxylic acids is 2. The fraction of sp³-hybridized carbons (Fsp3) is 0.579. The van der Waals surface area contributed by atoms with E-state index in [-0.39, 0.29) is 19.0 Å². The number of benzene rings is 1. The van der Waals surface area contributed by atoms with E-state index in [1.165, 1.54) is 4.90 Å². The second kappa shape index (κ2) is 9.34. The molecule has 3 N–H and O–H groups in total. The molecule has 1 heterocycles. The summed E-state index contributed by atoms with van der Waals surface area (Å²) in [6.45, 7) is 3.98. The maximum absolute atomic E-state index is 13.0. The van der Waals surface area contributed by atoms with Crippen LogP contribution in [0, 0.1) is 11.8 Å². The Morgan fingerprint density at radius 1 is 1.27 bits per heavy atom. The lowest BCUT2D eigenvalue weighted by Crippen LogP contribution is -2.53. The number of halogens is 3. The minimum Gasteiger partial charge on any atom is -0.369 e. The number of nitrogens with two attached hydrogens (primary N) is 1. The van der Waals surface area contributed by atoms with Gasteiger partial charge in [0, 0.05) is 19.0 Å². The van der Waals surface area contributed by atoms with Gasteiger partial charge in [-0.2, -0.15) is 17.9 Å². The summed E-state index contributed by atoms with van der Waals surface area (Å²) in [7, 11) is -4.38. The van der Waals surface area contributed by atoms with Gasteiger partial charge in [0.2, 0.25) is 21.8 Å². The highest BCUT2D eigenvalue weighted by Gasteiger charge is 2.36. The number of hydrogen-bond donors (Lipinski definition) is 2. The van der Waals surface area contributed by atoms with Crippen LogP contribution in [0.2, 0.25) is 0 Å². The average molecular weight is 449 g/mol. The number of carbonyl (C=O) groups is 2. The number of nitrogens with zero attached hydrogens (tertiary/aromatic N) is 1. The molecule has 11 heteroatoms. The first-order chi connectivity index (χ1) is 13.9. The normalized spacial score (nSPS) is 18.1. The summed E-state index contributed by atoms with van der Waals surface area (Å²) in [6.07, 6.45) is -3.45. The highest BCUT2D eigenvalue weighted by molar-refractivity contribution is 7.89. The first kappa shape index (κ1) is 24.1. The molecule has 2 rings (SSSR count). The Bertz CT molecular complexity index is 881. The van der Waals surface area contributed by atoms with Crippen molar-refractivity contribution in [3.63, 3.8) is 0 Å². The number of hydrogen-bond acceptors (Lipinski definition) is 4. The summed E-state index contributed by atoms with van der Waals surface area (Å²) in [4.78, 5) is 25.2. The molecule has 1 aromatic rings. The van der Waals surface area contributed by atoms with Crippen molar-refractivity contribution in [1.82, 2.24) is 9.62 Å². The Hall–Kier alpha value is -2.14. The molecular weight excluding hydrogens is 423 g/mol. The Morgan fingerprint density at radius 2 is 1.87 bits per heavy atom. The minimum atomic E-state index is -4.69. The van der Waals surface area contributed by atoms with E-state index in [9.17, 15) is 31.2 Å². The zero-order chi connectivity index (χ0) is 22.7. The molecular formula is C19H26F3N3O4S. The number of likely N-dealkylation sites (tertiary alicyclic amines) is 1. The number of nitrogens with one attached hydrogen (secondary N) is 1. The molecule has 168 valence electrons. The molecule has 0 aliphatic carbocycles. The number of piperidine rings is 1. The van der Waals surface area contributed by atoms with Crippen molar-refractivity contribution in [2.24, 2.45) is 17.6 Å². The van der Waals surface area contributed by atoms with E-state index >= 15 is 0 Å². The quantitative estimate of drug-likeness (QED) is 0.664. The van der Waals surface area contributed by atoms with Gasteiger partial charge in [0.1, 0.15) is 6.04 Å². The Balaban J connectivity index is 2.24. The number of alkyl halides is 3. The van der Waals surface area contributed by atoms with Gasteiger partial charge in [0.25, 0.3) is 0 Å². The lowest BCUT2D eigenvalue weighted by atomic mass is 9.94. The maximum atomic E-state index is 13.0. The van der Waals surface area contributed by atoms with E-state index in [1.54, 1.807) is 13.8 Å². The molecule has 0 saturated carbocycles. The van der Waals surface area contributed by atoms with E-state index in [0.29, 0.717) is 25.3 Å². The molecule has 30 heavy (non-hydrogen) atoms. The molecule has 1 aliphatic heterocycles. The van der Waals surface area contributed by atoms with Crippen LogP contribution in [0.15, 0.2) is 29.2 Å². The zero-order valence-corrected chi connectivity index (χ0v) is 17.6. The number of primary amides is 1. The molecule has 0 bridgehead atoms. The lowest BCUT2D eigenvalue weighted by molar-refractivity contribution is -0.138. The molecule has 2 amide bonds. The van der Waals surface area contributed by atoms with E-state index in [1.807, 2.05) is 0 Å². The van der Waals surface area contributed by atoms with Crippen LogP contribution in [0.5, 0.6) is 0 Å². The highest BCUT2D eigenvalue weighted by Crippen LogP contribution is 2.30. The predicted octanol–water partition coefficient (Wildman–Crippen LogP) is 2.12. The van der Waals surface area contributed by atoms with Crippen molar-refractivity contribution in [2.75, 3.05) is 13.1 Å². The Kier molecular flexibility index (Phi) is 7.51. The lowest BCUT2D eigenvalue weighted by Gasteiger charge is -2.35. The number of amides is 2. The molecule has 2 atom stereocenters. The van der Waals surface area contributed by atoms with E-state index in [0.717, 1.165) is 18.2 Å². The molecule has 0 aromatic heterocycles. The van der Waals surface area contributed by atoms with Crippen LogP contribution in [0.25, 0.3) is 0 Å². The third-order valence-electron chi connectivity index (χ3n) is 5.44. The van der Waals surface area contributed by atoms with Gasteiger partial charge >= 0.3 is 6.18 Å². The fourth-order valence-corrected chi connectivity index (χ4v) is 4.64. The van der Waals surface area contributed by atoms with Crippen molar-refractivity contribution in [3.05, 3.63) is 29.8 Å². The Labute approximate surface area is 173 Å². The smallest absolute Gasteiger partial charge is 0.369 e. The van der Waals surface area contributed by atoms with Crippen LogP contribution in [0.3, 0.4) is 0 Å². The van der Waals surface area contributed by atoms with Gasteiger partial charge in [0.15, 0.2) is 0 Å². The maximum Gasteiger partial charge on any atom is 0.416 e. The van der Waals surface area contributed by atoms with Gasteiger partial charge in [-0.3, -0.25) is 9.59 Å². The molecule has 0 spiro atoms. The molecule has 1 aliphatic rings. The largest absolute Gasteiger partial charge is 0.416 e. The van der Waals surface area contributed by atoms with Gasteiger partial charge < -0.3 is 10.6 Å². The molecule has 7 nitrogen and oxygen atoms in total. The number of rotatable bonds is 7. The SMILES string of the molecule is CC[C@H](C)[C@H](NS(=O)(=O)c1cccc(C(F)(F)F)c1)C(=O)N1CCC(C(N)=O)CC1.